The Labute approximate surface area is 142 Å². The molecule has 3 N–H and O–H groups in total. The van der Waals surface area contributed by atoms with Gasteiger partial charge in [-0.25, -0.2) is 0 Å². The molecular weight excluding hydrogens is 310 g/mol. The lowest BCUT2D eigenvalue weighted by atomic mass is 9.96. The van der Waals surface area contributed by atoms with E-state index in [4.69, 9.17) is 4.74 Å². The van der Waals surface area contributed by atoms with Gasteiger partial charge in [-0.15, -0.1) is 0 Å². The summed E-state index contributed by atoms with van der Waals surface area (Å²) in [6.07, 6.45) is -0.00226. The van der Waals surface area contributed by atoms with E-state index in [0.29, 0.717) is 12.3 Å². The van der Waals surface area contributed by atoms with Crippen LogP contribution in [-0.4, -0.2) is 24.3 Å². The summed E-state index contributed by atoms with van der Waals surface area (Å²) < 4.78 is 5.31. The van der Waals surface area contributed by atoms with Crippen molar-refractivity contribution in [3.05, 3.63) is 24.3 Å². The Morgan fingerprint density at radius 3 is 2.08 bits per heavy atom. The second-order valence-corrected chi connectivity index (χ2v) is 6.26. The first-order valence-corrected chi connectivity index (χ1v) is 7.84. The molecule has 0 bridgehead atoms. The van der Waals surface area contributed by atoms with Crippen LogP contribution in [-0.2, 0) is 14.4 Å². The van der Waals surface area contributed by atoms with Gasteiger partial charge in [0.2, 0.25) is 17.7 Å². The molecule has 0 aliphatic heterocycles. The summed E-state index contributed by atoms with van der Waals surface area (Å²) in [5.74, 6) is -0.273. The van der Waals surface area contributed by atoms with Gasteiger partial charge in [0, 0.05) is 23.9 Å². The molecule has 7 heteroatoms. The van der Waals surface area contributed by atoms with Crippen LogP contribution in [0.15, 0.2) is 24.3 Å². The number of rotatable bonds is 6. The minimum absolute atomic E-state index is 0.0183. The summed E-state index contributed by atoms with van der Waals surface area (Å²) in [5.41, 5.74) is 4.66. The third kappa shape index (κ3) is 7.13. The van der Waals surface area contributed by atoms with E-state index in [1.165, 1.54) is 0 Å². The molecule has 0 fully saturated rings. The predicted molar refractivity (Wildman–Crippen MR) is 91.2 cm³/mol. The molecule has 0 aliphatic carbocycles. The van der Waals surface area contributed by atoms with E-state index in [1.54, 1.807) is 45.0 Å². The molecule has 7 nitrogen and oxygen atoms in total. The number of ether oxygens (including phenoxy) is 1. The first-order valence-electron chi connectivity index (χ1n) is 7.84. The molecule has 132 valence electrons. The molecule has 0 aromatic heterocycles. The van der Waals surface area contributed by atoms with Crippen molar-refractivity contribution in [1.82, 2.24) is 10.9 Å². The van der Waals surface area contributed by atoms with Crippen molar-refractivity contribution in [2.45, 2.75) is 40.5 Å². The van der Waals surface area contributed by atoms with Gasteiger partial charge in [0.05, 0.1) is 6.61 Å². The Hall–Kier alpha value is -2.57. The highest BCUT2D eigenvalue weighted by Crippen LogP contribution is 2.16. The zero-order chi connectivity index (χ0) is 18.2. The Balaban J connectivity index is 2.32. The van der Waals surface area contributed by atoms with Gasteiger partial charge in [-0.3, -0.25) is 25.2 Å². The van der Waals surface area contributed by atoms with Gasteiger partial charge < -0.3 is 10.1 Å². The van der Waals surface area contributed by atoms with Crippen molar-refractivity contribution in [2.24, 2.45) is 5.41 Å². The predicted octanol–water partition coefficient (Wildman–Crippen LogP) is 2.00. The van der Waals surface area contributed by atoms with E-state index >= 15 is 0 Å². The average molecular weight is 335 g/mol. The second kappa shape index (κ2) is 8.90. The van der Waals surface area contributed by atoms with Crippen LogP contribution < -0.4 is 20.9 Å². The minimum Gasteiger partial charge on any atom is -0.494 e. The average Bonchev–Trinajstić information content (AvgIpc) is 2.51. The number of hydrogen-bond acceptors (Lipinski definition) is 4. The maximum Gasteiger partial charge on any atom is 0.243 e. The highest BCUT2D eigenvalue weighted by atomic mass is 16.5. The zero-order valence-electron chi connectivity index (χ0n) is 14.6. The van der Waals surface area contributed by atoms with Crippen molar-refractivity contribution < 1.29 is 19.1 Å². The fourth-order valence-corrected chi connectivity index (χ4v) is 1.63. The number of anilines is 1. The lowest BCUT2D eigenvalue weighted by Gasteiger charge is -2.17. The highest BCUT2D eigenvalue weighted by molar-refractivity contribution is 5.93. The van der Waals surface area contributed by atoms with Gasteiger partial charge in [0.15, 0.2) is 0 Å². The van der Waals surface area contributed by atoms with E-state index in [9.17, 15) is 14.4 Å². The van der Waals surface area contributed by atoms with Crippen LogP contribution in [0.5, 0.6) is 5.75 Å². The molecule has 1 aromatic carbocycles. The van der Waals surface area contributed by atoms with Crippen LogP contribution in [0.4, 0.5) is 5.69 Å². The van der Waals surface area contributed by atoms with Crippen molar-refractivity contribution in [2.75, 3.05) is 11.9 Å². The molecule has 3 amide bonds. The fraction of sp³-hybridized carbons (Fsp3) is 0.471. The van der Waals surface area contributed by atoms with Crippen molar-refractivity contribution in [3.63, 3.8) is 0 Å². The number of benzene rings is 1. The molecule has 0 spiro atoms. The number of hydrazine groups is 1. The lowest BCUT2D eigenvalue weighted by molar-refractivity contribution is -0.134. The number of hydrogen-bond donors (Lipinski definition) is 3. The molecule has 0 radical (unpaired) electrons. The summed E-state index contributed by atoms with van der Waals surface area (Å²) in [7, 11) is 0. The SMILES string of the molecule is CCOc1ccc(NC(=O)CCC(=O)NNC(=O)C(C)(C)C)cc1. The van der Waals surface area contributed by atoms with Gasteiger partial charge in [0.1, 0.15) is 5.75 Å². The van der Waals surface area contributed by atoms with Crippen LogP contribution in [0, 0.1) is 5.41 Å². The molecular formula is C17H25N3O4. The number of carbonyl (C=O) groups excluding carboxylic acids is 3. The quantitative estimate of drug-likeness (QED) is 0.693. The Bertz CT molecular complexity index is 576. The summed E-state index contributed by atoms with van der Waals surface area (Å²) >= 11 is 0. The summed E-state index contributed by atoms with van der Waals surface area (Å²) in [5, 5.41) is 2.69. The van der Waals surface area contributed by atoms with Crippen molar-refractivity contribution in [1.29, 1.82) is 0 Å². The first kappa shape index (κ1) is 19.5. The van der Waals surface area contributed by atoms with Crippen LogP contribution in [0.1, 0.15) is 40.5 Å². The molecule has 24 heavy (non-hydrogen) atoms. The summed E-state index contributed by atoms with van der Waals surface area (Å²) in [4.78, 5) is 35.0. The maximum absolute atomic E-state index is 11.8. The Kier molecular flexibility index (Phi) is 7.23. The first-order chi connectivity index (χ1) is 11.2. The van der Waals surface area contributed by atoms with Crippen LogP contribution in [0.2, 0.25) is 0 Å². The molecule has 0 heterocycles. The molecule has 0 unspecified atom stereocenters. The van der Waals surface area contributed by atoms with E-state index < -0.39 is 11.3 Å². The molecule has 0 atom stereocenters. The molecule has 0 aliphatic rings. The second-order valence-electron chi connectivity index (χ2n) is 6.26. The highest BCUT2D eigenvalue weighted by Gasteiger charge is 2.21. The number of carbonyl (C=O) groups is 3. The van der Waals surface area contributed by atoms with E-state index in [2.05, 4.69) is 16.2 Å². The monoisotopic (exact) mass is 335 g/mol. The lowest BCUT2D eigenvalue weighted by Crippen LogP contribution is -2.46. The van der Waals surface area contributed by atoms with E-state index in [-0.39, 0.29) is 24.7 Å². The Morgan fingerprint density at radius 2 is 1.54 bits per heavy atom. The summed E-state index contributed by atoms with van der Waals surface area (Å²) in [6, 6.07) is 6.97. The van der Waals surface area contributed by atoms with Crippen LogP contribution >= 0.6 is 0 Å². The van der Waals surface area contributed by atoms with Gasteiger partial charge >= 0.3 is 0 Å². The molecule has 0 saturated carbocycles. The maximum atomic E-state index is 11.8. The topological polar surface area (TPSA) is 96.5 Å². The summed E-state index contributed by atoms with van der Waals surface area (Å²) in [6.45, 7) is 7.67. The van der Waals surface area contributed by atoms with Gasteiger partial charge in [-0.1, -0.05) is 20.8 Å². The zero-order valence-corrected chi connectivity index (χ0v) is 14.6. The fourth-order valence-electron chi connectivity index (χ4n) is 1.63. The smallest absolute Gasteiger partial charge is 0.243 e. The minimum atomic E-state index is -0.599. The third-order valence-electron chi connectivity index (χ3n) is 3.02. The van der Waals surface area contributed by atoms with Crippen molar-refractivity contribution >= 4 is 23.4 Å². The molecule has 0 saturated heterocycles. The largest absolute Gasteiger partial charge is 0.494 e. The molecule has 1 aromatic rings. The van der Waals surface area contributed by atoms with E-state index in [0.717, 1.165) is 5.75 Å². The van der Waals surface area contributed by atoms with Crippen molar-refractivity contribution in [3.8, 4) is 5.75 Å². The number of nitrogens with one attached hydrogen (secondary N) is 3. The van der Waals surface area contributed by atoms with Gasteiger partial charge in [-0.2, -0.15) is 0 Å². The third-order valence-corrected chi connectivity index (χ3v) is 3.02. The Morgan fingerprint density at radius 1 is 0.958 bits per heavy atom. The van der Waals surface area contributed by atoms with Crippen LogP contribution in [0.3, 0.4) is 0 Å². The number of amides is 3. The van der Waals surface area contributed by atoms with Crippen LogP contribution in [0.25, 0.3) is 0 Å². The standard InChI is InChI=1S/C17H25N3O4/c1-5-24-13-8-6-12(7-9-13)18-14(21)10-11-15(22)19-20-16(23)17(2,3)4/h6-9H,5,10-11H2,1-4H3,(H,18,21)(H,19,22)(H,20,23). The van der Waals surface area contributed by atoms with E-state index in [1.807, 2.05) is 6.92 Å². The van der Waals surface area contributed by atoms with Gasteiger partial charge in [-0.05, 0) is 31.2 Å². The van der Waals surface area contributed by atoms with Gasteiger partial charge in [0.25, 0.3) is 0 Å². The normalized spacial score (nSPS) is 10.7. The molecule has 1 rings (SSSR count).